The molecule has 138 valence electrons. The normalized spacial score (nSPS) is 11.4. The van der Waals surface area contributed by atoms with Gasteiger partial charge in [-0.25, -0.2) is 14.8 Å². The number of aromatic nitrogens is 5. The number of fused-ring (bicyclic) bond motifs is 2. The molecule has 0 aliphatic carbocycles. The Hall–Kier alpha value is -3.13. The van der Waals surface area contributed by atoms with Crippen LogP contribution in [-0.4, -0.2) is 30.1 Å². The summed E-state index contributed by atoms with van der Waals surface area (Å²) in [6.45, 7) is 4.33. The van der Waals surface area contributed by atoms with Gasteiger partial charge < -0.3 is 14.5 Å². The predicted octanol–water partition coefficient (Wildman–Crippen LogP) is 3.44. The number of hydrogen-bond acceptors (Lipinski definition) is 5. The fourth-order valence-electron chi connectivity index (χ4n) is 2.81. The Kier molecular flexibility index (Phi) is 4.41. The molecular formula is C18H17ClN6O2. The second-order valence-electron chi connectivity index (χ2n) is 6.33. The van der Waals surface area contributed by atoms with Gasteiger partial charge in [-0.2, -0.15) is 9.61 Å². The molecule has 0 aliphatic rings. The van der Waals surface area contributed by atoms with E-state index >= 15 is 0 Å². The lowest BCUT2D eigenvalue weighted by molar-refractivity contribution is 0.196. The molecule has 4 aromatic heterocycles. The van der Waals surface area contributed by atoms with E-state index in [4.69, 9.17) is 16.3 Å². The Bertz CT molecular complexity index is 1130. The highest BCUT2D eigenvalue weighted by Gasteiger charge is 2.16. The molecule has 0 saturated carbocycles. The number of imidazole rings is 1. The molecule has 0 atom stereocenters. The topological polar surface area (TPSA) is 85.8 Å². The highest BCUT2D eigenvalue weighted by molar-refractivity contribution is 6.29. The van der Waals surface area contributed by atoms with Crippen molar-refractivity contribution in [2.24, 2.45) is 0 Å². The number of carbonyl (C=O) groups is 1. The Morgan fingerprint density at radius 2 is 2.19 bits per heavy atom. The first-order chi connectivity index (χ1) is 13.0. The van der Waals surface area contributed by atoms with Crippen molar-refractivity contribution in [3.63, 3.8) is 0 Å². The molecule has 0 radical (unpaired) electrons. The van der Waals surface area contributed by atoms with Crippen LogP contribution in [0.25, 0.3) is 11.3 Å². The molecule has 8 nitrogen and oxygen atoms in total. The van der Waals surface area contributed by atoms with E-state index in [1.165, 1.54) is 10.6 Å². The van der Waals surface area contributed by atoms with E-state index in [-0.39, 0.29) is 23.5 Å². The van der Waals surface area contributed by atoms with Crippen molar-refractivity contribution < 1.29 is 9.53 Å². The highest BCUT2D eigenvalue weighted by Crippen LogP contribution is 2.25. The van der Waals surface area contributed by atoms with E-state index in [2.05, 4.69) is 20.4 Å². The fraction of sp³-hybridized carbons (Fsp3) is 0.222. The van der Waals surface area contributed by atoms with Gasteiger partial charge in [-0.3, -0.25) is 0 Å². The molecule has 4 heterocycles. The molecule has 1 N–H and O–H groups in total. The smallest absolute Gasteiger partial charge is 0.391 e. The highest BCUT2D eigenvalue weighted by atomic mass is 35.5. The first kappa shape index (κ1) is 17.3. The summed E-state index contributed by atoms with van der Waals surface area (Å²) in [5.74, 6) is 0.415. The third-order valence-corrected chi connectivity index (χ3v) is 4.36. The van der Waals surface area contributed by atoms with E-state index in [9.17, 15) is 4.79 Å². The van der Waals surface area contributed by atoms with Gasteiger partial charge in [0, 0.05) is 17.8 Å². The third-order valence-electron chi connectivity index (χ3n) is 4.16. The van der Waals surface area contributed by atoms with E-state index in [1.807, 2.05) is 42.6 Å². The summed E-state index contributed by atoms with van der Waals surface area (Å²) < 4.78 is 8.77. The van der Waals surface area contributed by atoms with Crippen LogP contribution in [0.3, 0.4) is 0 Å². The van der Waals surface area contributed by atoms with Crippen LogP contribution in [0.1, 0.15) is 31.0 Å². The number of carbonyl (C=O) groups excluding carboxylic acids is 1. The van der Waals surface area contributed by atoms with Crippen molar-refractivity contribution in [2.75, 3.05) is 0 Å². The monoisotopic (exact) mass is 384 g/mol. The first-order valence-electron chi connectivity index (χ1n) is 8.44. The molecule has 0 bridgehead atoms. The van der Waals surface area contributed by atoms with Gasteiger partial charge in [0.05, 0.1) is 24.6 Å². The maximum atomic E-state index is 12.3. The number of rotatable bonds is 4. The van der Waals surface area contributed by atoms with Crippen LogP contribution in [-0.2, 0) is 6.54 Å². The number of nitrogens with zero attached hydrogens (tertiary/aromatic N) is 5. The molecule has 1 amide bonds. The van der Waals surface area contributed by atoms with Gasteiger partial charge in [-0.1, -0.05) is 31.5 Å². The van der Waals surface area contributed by atoms with Crippen LogP contribution in [0, 0.1) is 0 Å². The van der Waals surface area contributed by atoms with Gasteiger partial charge in [0.1, 0.15) is 10.8 Å². The van der Waals surface area contributed by atoms with Crippen LogP contribution in [0.15, 0.2) is 42.9 Å². The zero-order valence-electron chi connectivity index (χ0n) is 14.8. The van der Waals surface area contributed by atoms with E-state index in [0.717, 1.165) is 16.9 Å². The van der Waals surface area contributed by atoms with Crippen molar-refractivity contribution in [1.82, 2.24) is 29.3 Å². The Morgan fingerprint density at radius 3 is 3.00 bits per heavy atom. The Balaban J connectivity index is 1.53. The Labute approximate surface area is 159 Å². The number of nitrogens with one attached hydrogen (secondary N) is 1. The van der Waals surface area contributed by atoms with Gasteiger partial charge in [0.25, 0.3) is 0 Å². The van der Waals surface area contributed by atoms with Gasteiger partial charge in [0.2, 0.25) is 5.88 Å². The van der Waals surface area contributed by atoms with E-state index in [0.29, 0.717) is 5.65 Å². The molecule has 0 fully saturated rings. The van der Waals surface area contributed by atoms with Crippen molar-refractivity contribution in [3.05, 3.63) is 59.3 Å². The van der Waals surface area contributed by atoms with Gasteiger partial charge >= 0.3 is 6.09 Å². The lowest BCUT2D eigenvalue weighted by atomic mass is 10.1. The van der Waals surface area contributed by atoms with Crippen LogP contribution in [0.2, 0.25) is 5.15 Å². The first-order valence-corrected chi connectivity index (χ1v) is 8.81. The molecule has 0 spiro atoms. The molecule has 4 rings (SSSR count). The molecule has 0 unspecified atom stereocenters. The van der Waals surface area contributed by atoms with E-state index in [1.54, 1.807) is 12.4 Å². The van der Waals surface area contributed by atoms with Gasteiger partial charge in [-0.15, -0.1) is 0 Å². The minimum Gasteiger partial charge on any atom is -0.391 e. The summed E-state index contributed by atoms with van der Waals surface area (Å²) in [5.41, 5.74) is 3.14. The summed E-state index contributed by atoms with van der Waals surface area (Å²) in [6, 6.07) is 7.15. The largest absolute Gasteiger partial charge is 0.414 e. The van der Waals surface area contributed by atoms with E-state index < -0.39 is 6.09 Å². The summed E-state index contributed by atoms with van der Waals surface area (Å²) in [7, 11) is 0. The minimum absolute atomic E-state index is 0.201. The summed E-state index contributed by atoms with van der Waals surface area (Å²) in [6.07, 6.45) is 4.67. The standard InChI is InChI=1S/C18H17ClN6O2/c1-11(2)13-10-22-25-16(7-14(19)23-17(13)25)27-18(26)21-9-12-8-20-15-5-3-4-6-24(12)15/h3-8,10-11H,9H2,1-2H3,(H,21,26). The van der Waals surface area contributed by atoms with Crippen LogP contribution in [0.5, 0.6) is 5.88 Å². The molecule has 9 heteroatoms. The number of halogens is 1. The molecule has 0 aliphatic heterocycles. The number of amides is 1. The van der Waals surface area contributed by atoms with Crippen LogP contribution >= 0.6 is 11.6 Å². The number of pyridine rings is 1. The van der Waals surface area contributed by atoms with Crippen LogP contribution < -0.4 is 10.1 Å². The van der Waals surface area contributed by atoms with Crippen molar-refractivity contribution >= 4 is 29.0 Å². The molecule has 4 aromatic rings. The molecule has 27 heavy (non-hydrogen) atoms. The second kappa shape index (κ2) is 6.88. The average Bonchev–Trinajstić information content (AvgIpc) is 3.24. The Morgan fingerprint density at radius 1 is 1.33 bits per heavy atom. The summed E-state index contributed by atoms with van der Waals surface area (Å²) in [4.78, 5) is 20.8. The number of ether oxygens (including phenoxy) is 1. The SMILES string of the molecule is CC(C)c1cnn2c(OC(=O)NCc3cnc4ccccn34)cc(Cl)nc12. The lowest BCUT2D eigenvalue weighted by Gasteiger charge is -2.09. The maximum Gasteiger partial charge on any atom is 0.414 e. The minimum atomic E-state index is -0.619. The predicted molar refractivity (Wildman–Crippen MR) is 100 cm³/mol. The molecule has 0 aromatic carbocycles. The van der Waals surface area contributed by atoms with Crippen LogP contribution in [0.4, 0.5) is 4.79 Å². The van der Waals surface area contributed by atoms with Gasteiger partial charge in [-0.05, 0) is 18.1 Å². The zero-order chi connectivity index (χ0) is 19.0. The molecule has 0 saturated heterocycles. The molecular weight excluding hydrogens is 368 g/mol. The summed E-state index contributed by atoms with van der Waals surface area (Å²) in [5, 5.41) is 7.21. The zero-order valence-corrected chi connectivity index (χ0v) is 15.5. The average molecular weight is 385 g/mol. The maximum absolute atomic E-state index is 12.3. The fourth-order valence-corrected chi connectivity index (χ4v) is 2.99. The van der Waals surface area contributed by atoms with Crippen molar-refractivity contribution in [1.29, 1.82) is 0 Å². The number of hydrogen-bond donors (Lipinski definition) is 1. The van der Waals surface area contributed by atoms with Crippen molar-refractivity contribution in [2.45, 2.75) is 26.3 Å². The second-order valence-corrected chi connectivity index (χ2v) is 6.72. The van der Waals surface area contributed by atoms with Crippen molar-refractivity contribution in [3.8, 4) is 5.88 Å². The van der Waals surface area contributed by atoms with Gasteiger partial charge in [0.15, 0.2) is 5.65 Å². The lowest BCUT2D eigenvalue weighted by Crippen LogP contribution is -2.27. The summed E-state index contributed by atoms with van der Waals surface area (Å²) >= 11 is 6.09. The quantitative estimate of drug-likeness (QED) is 0.545. The third kappa shape index (κ3) is 3.31.